The number of rotatable bonds is 9. The third-order valence-corrected chi connectivity index (χ3v) is 3.03. The normalized spacial score (nSPS) is 10.2. The predicted molar refractivity (Wildman–Crippen MR) is 80.3 cm³/mol. The smallest absolute Gasteiger partial charge is 0.224 e. The van der Waals surface area contributed by atoms with Gasteiger partial charge in [0.1, 0.15) is 0 Å². The van der Waals surface area contributed by atoms with E-state index in [1.165, 1.54) is 0 Å². The van der Waals surface area contributed by atoms with Crippen LogP contribution in [0.5, 0.6) is 11.5 Å². The summed E-state index contributed by atoms with van der Waals surface area (Å²) in [5, 5.41) is 2.86. The molecule has 1 aromatic rings. The quantitative estimate of drug-likeness (QED) is 0.682. The zero-order valence-electron chi connectivity index (χ0n) is 12.3. The van der Waals surface area contributed by atoms with Crippen LogP contribution in [0.2, 0.25) is 0 Å². The maximum Gasteiger partial charge on any atom is 0.224 e. The summed E-state index contributed by atoms with van der Waals surface area (Å²) in [6.07, 6.45) is 4.56. The molecule has 20 heavy (non-hydrogen) atoms. The van der Waals surface area contributed by atoms with Crippen molar-refractivity contribution in [3.8, 4) is 11.5 Å². The van der Waals surface area contributed by atoms with Gasteiger partial charge in [-0.1, -0.05) is 12.8 Å². The Morgan fingerprint density at radius 2 is 1.80 bits per heavy atom. The Morgan fingerprint density at radius 1 is 1.10 bits per heavy atom. The number of benzene rings is 1. The number of carbonyl (C=O) groups is 1. The number of hydrogen-bond acceptors (Lipinski definition) is 4. The van der Waals surface area contributed by atoms with E-state index in [4.69, 9.17) is 15.2 Å². The molecule has 0 aliphatic carbocycles. The molecule has 1 amide bonds. The van der Waals surface area contributed by atoms with Gasteiger partial charge in [0.15, 0.2) is 11.5 Å². The van der Waals surface area contributed by atoms with E-state index in [1.807, 2.05) is 0 Å². The minimum atomic E-state index is 0.0185. The Kier molecular flexibility index (Phi) is 7.50. The molecule has 1 aromatic carbocycles. The van der Waals surface area contributed by atoms with Crippen LogP contribution in [0.25, 0.3) is 0 Å². The Balaban J connectivity index is 2.41. The summed E-state index contributed by atoms with van der Waals surface area (Å²) in [5.41, 5.74) is 6.14. The van der Waals surface area contributed by atoms with E-state index in [-0.39, 0.29) is 5.91 Å². The van der Waals surface area contributed by atoms with Gasteiger partial charge in [0.05, 0.1) is 14.2 Å². The molecule has 5 heteroatoms. The van der Waals surface area contributed by atoms with Gasteiger partial charge in [-0.05, 0) is 31.5 Å². The van der Waals surface area contributed by atoms with Crippen molar-refractivity contribution < 1.29 is 14.3 Å². The molecular formula is C15H24N2O3. The van der Waals surface area contributed by atoms with Crippen LogP contribution in [0.4, 0.5) is 5.69 Å². The lowest BCUT2D eigenvalue weighted by atomic mass is 10.1. The third-order valence-electron chi connectivity index (χ3n) is 3.03. The summed E-state index contributed by atoms with van der Waals surface area (Å²) < 4.78 is 10.3. The fourth-order valence-corrected chi connectivity index (χ4v) is 1.92. The minimum absolute atomic E-state index is 0.0185. The summed E-state index contributed by atoms with van der Waals surface area (Å²) in [6, 6.07) is 5.33. The molecule has 0 fully saturated rings. The van der Waals surface area contributed by atoms with Crippen LogP contribution < -0.4 is 20.5 Å². The summed E-state index contributed by atoms with van der Waals surface area (Å²) in [5.74, 6) is 1.27. The highest BCUT2D eigenvalue weighted by Gasteiger charge is 2.07. The van der Waals surface area contributed by atoms with Gasteiger partial charge in [-0.15, -0.1) is 0 Å². The first-order valence-electron chi connectivity index (χ1n) is 6.93. The van der Waals surface area contributed by atoms with E-state index in [0.717, 1.165) is 37.9 Å². The molecule has 0 atom stereocenters. The summed E-state index contributed by atoms with van der Waals surface area (Å²) >= 11 is 0. The first-order chi connectivity index (χ1) is 9.71. The average molecular weight is 280 g/mol. The van der Waals surface area contributed by atoms with Gasteiger partial charge >= 0.3 is 0 Å². The first kappa shape index (κ1) is 16.3. The number of hydrogen-bond donors (Lipinski definition) is 2. The van der Waals surface area contributed by atoms with Crippen molar-refractivity contribution in [3.63, 3.8) is 0 Å². The molecule has 0 unspecified atom stereocenters. The van der Waals surface area contributed by atoms with Crippen LogP contribution in [0, 0.1) is 0 Å². The molecule has 0 heterocycles. The molecule has 5 nitrogen and oxygen atoms in total. The number of methoxy groups -OCH3 is 2. The first-order valence-corrected chi connectivity index (χ1v) is 6.93. The average Bonchev–Trinajstić information content (AvgIpc) is 2.46. The summed E-state index contributed by atoms with van der Waals surface area (Å²) in [7, 11) is 3.15. The number of carbonyl (C=O) groups excluding carboxylic acids is 1. The van der Waals surface area contributed by atoms with E-state index in [1.54, 1.807) is 32.4 Å². The van der Waals surface area contributed by atoms with E-state index >= 15 is 0 Å². The number of anilines is 1. The SMILES string of the molecule is COc1ccc(NC(=O)CCCCCCN)cc1OC. The minimum Gasteiger partial charge on any atom is -0.493 e. The van der Waals surface area contributed by atoms with Crippen LogP contribution in [-0.4, -0.2) is 26.7 Å². The van der Waals surface area contributed by atoms with Crippen molar-refractivity contribution in [3.05, 3.63) is 18.2 Å². The van der Waals surface area contributed by atoms with Gasteiger partial charge in [-0.25, -0.2) is 0 Å². The maximum atomic E-state index is 11.8. The molecule has 0 bridgehead atoms. The molecular weight excluding hydrogens is 256 g/mol. The second-order valence-electron chi connectivity index (χ2n) is 4.57. The number of unbranched alkanes of at least 4 members (excludes halogenated alkanes) is 3. The topological polar surface area (TPSA) is 73.6 Å². The van der Waals surface area contributed by atoms with Crippen LogP contribution >= 0.6 is 0 Å². The van der Waals surface area contributed by atoms with E-state index in [9.17, 15) is 4.79 Å². The molecule has 0 aliphatic rings. The maximum absolute atomic E-state index is 11.8. The molecule has 0 saturated carbocycles. The lowest BCUT2D eigenvalue weighted by molar-refractivity contribution is -0.116. The fraction of sp³-hybridized carbons (Fsp3) is 0.533. The second-order valence-corrected chi connectivity index (χ2v) is 4.57. The monoisotopic (exact) mass is 280 g/mol. The molecule has 112 valence electrons. The van der Waals surface area contributed by atoms with Gasteiger partial charge in [-0.2, -0.15) is 0 Å². The molecule has 1 rings (SSSR count). The van der Waals surface area contributed by atoms with Gasteiger partial charge in [0.25, 0.3) is 0 Å². The Bertz CT molecular complexity index is 422. The van der Waals surface area contributed by atoms with Crippen LogP contribution in [0.15, 0.2) is 18.2 Å². The lowest BCUT2D eigenvalue weighted by Crippen LogP contribution is -2.11. The number of ether oxygens (including phenoxy) is 2. The summed E-state index contributed by atoms with van der Waals surface area (Å²) in [4.78, 5) is 11.8. The van der Waals surface area contributed by atoms with Crippen LogP contribution in [0.3, 0.4) is 0 Å². The van der Waals surface area contributed by atoms with Crippen LogP contribution in [0.1, 0.15) is 32.1 Å². The molecule has 0 aromatic heterocycles. The highest BCUT2D eigenvalue weighted by atomic mass is 16.5. The van der Waals surface area contributed by atoms with Crippen molar-refractivity contribution in [2.45, 2.75) is 32.1 Å². The van der Waals surface area contributed by atoms with Crippen molar-refractivity contribution in [1.29, 1.82) is 0 Å². The second kappa shape index (κ2) is 9.20. The molecule has 0 aliphatic heterocycles. The predicted octanol–water partition coefficient (Wildman–Crippen LogP) is 2.55. The Morgan fingerprint density at radius 3 is 2.45 bits per heavy atom. The number of amides is 1. The zero-order chi connectivity index (χ0) is 14.8. The van der Waals surface area contributed by atoms with Crippen molar-refractivity contribution in [1.82, 2.24) is 0 Å². The van der Waals surface area contributed by atoms with Gasteiger partial charge in [0, 0.05) is 18.2 Å². The number of nitrogens with two attached hydrogens (primary N) is 1. The highest BCUT2D eigenvalue weighted by Crippen LogP contribution is 2.29. The van der Waals surface area contributed by atoms with E-state index in [2.05, 4.69) is 5.32 Å². The van der Waals surface area contributed by atoms with Crippen molar-refractivity contribution in [2.24, 2.45) is 5.73 Å². The van der Waals surface area contributed by atoms with Gasteiger partial charge < -0.3 is 20.5 Å². The van der Waals surface area contributed by atoms with Gasteiger partial charge in [-0.3, -0.25) is 4.79 Å². The molecule has 0 radical (unpaired) electrons. The molecule has 3 N–H and O–H groups in total. The molecule has 0 saturated heterocycles. The van der Waals surface area contributed by atoms with E-state index < -0.39 is 0 Å². The van der Waals surface area contributed by atoms with Gasteiger partial charge in [0.2, 0.25) is 5.91 Å². The number of nitrogens with one attached hydrogen (secondary N) is 1. The summed E-state index contributed by atoms with van der Waals surface area (Å²) in [6.45, 7) is 0.720. The van der Waals surface area contributed by atoms with Crippen molar-refractivity contribution >= 4 is 11.6 Å². The lowest BCUT2D eigenvalue weighted by Gasteiger charge is -2.10. The Hall–Kier alpha value is -1.75. The largest absolute Gasteiger partial charge is 0.493 e. The fourth-order valence-electron chi connectivity index (χ4n) is 1.92. The Labute approximate surface area is 120 Å². The molecule has 0 spiro atoms. The highest BCUT2D eigenvalue weighted by molar-refractivity contribution is 5.91. The third kappa shape index (κ3) is 5.48. The standard InChI is InChI=1S/C15H24N2O3/c1-19-13-9-8-12(11-14(13)20-2)17-15(18)7-5-3-4-6-10-16/h8-9,11H,3-7,10,16H2,1-2H3,(H,17,18). The van der Waals surface area contributed by atoms with E-state index in [0.29, 0.717) is 17.9 Å². The zero-order valence-corrected chi connectivity index (χ0v) is 12.3. The van der Waals surface area contributed by atoms with Crippen molar-refractivity contribution in [2.75, 3.05) is 26.1 Å². The van der Waals surface area contributed by atoms with Crippen LogP contribution in [-0.2, 0) is 4.79 Å².